The Balaban J connectivity index is 1.31. The highest BCUT2D eigenvalue weighted by Gasteiger charge is 2.42. The van der Waals surface area contributed by atoms with Crippen molar-refractivity contribution in [2.45, 2.75) is 122 Å². The van der Waals surface area contributed by atoms with Gasteiger partial charge < -0.3 is 0 Å². The SMILES string of the molecule is CC1CCC(C2CCC(CCC3CCC(CCC(C)(F)F)CC3)CC2)C(F)C1F. The van der Waals surface area contributed by atoms with Crippen LogP contribution in [-0.2, 0) is 0 Å². The van der Waals surface area contributed by atoms with Gasteiger partial charge in [0.15, 0.2) is 0 Å². The Kier molecular flexibility index (Phi) is 8.35. The number of rotatable bonds is 7. The Labute approximate surface area is 175 Å². The molecule has 4 unspecified atom stereocenters. The maximum absolute atomic E-state index is 14.5. The van der Waals surface area contributed by atoms with Crippen molar-refractivity contribution < 1.29 is 17.6 Å². The number of hydrogen-bond donors (Lipinski definition) is 0. The largest absolute Gasteiger partial charge is 0.245 e. The van der Waals surface area contributed by atoms with E-state index in [4.69, 9.17) is 0 Å². The molecule has 0 nitrogen and oxygen atoms in total. The van der Waals surface area contributed by atoms with Gasteiger partial charge in [0.1, 0.15) is 12.3 Å². The Hall–Kier alpha value is -0.280. The van der Waals surface area contributed by atoms with Gasteiger partial charge in [-0.25, -0.2) is 17.6 Å². The average Bonchev–Trinajstić information content (AvgIpc) is 2.70. The molecule has 29 heavy (non-hydrogen) atoms. The minimum atomic E-state index is -2.52. The van der Waals surface area contributed by atoms with Crippen molar-refractivity contribution >= 4 is 0 Å². The molecule has 0 amide bonds. The lowest BCUT2D eigenvalue weighted by Crippen LogP contribution is -2.41. The lowest BCUT2D eigenvalue weighted by molar-refractivity contribution is -0.00694. The molecule has 0 radical (unpaired) electrons. The van der Waals surface area contributed by atoms with Gasteiger partial charge in [-0.05, 0) is 74.5 Å². The standard InChI is InChI=1S/C25H42F4/c1-17-3-14-22(24(27)23(17)26)21-12-10-19(11-13-21)5-4-18-6-8-20(9-7-18)15-16-25(2,28)29/h17-24H,3-16H2,1-2H3. The van der Waals surface area contributed by atoms with Gasteiger partial charge in [0.2, 0.25) is 5.92 Å². The van der Waals surface area contributed by atoms with Crippen molar-refractivity contribution in [1.29, 1.82) is 0 Å². The fourth-order valence-corrected chi connectivity index (χ4v) is 6.46. The molecule has 0 spiro atoms. The molecule has 3 saturated carbocycles. The van der Waals surface area contributed by atoms with Gasteiger partial charge in [0.05, 0.1) is 0 Å². The first-order valence-electron chi connectivity index (χ1n) is 12.4. The van der Waals surface area contributed by atoms with Crippen LogP contribution in [0.25, 0.3) is 0 Å². The molecule has 4 heteroatoms. The second kappa shape index (κ2) is 10.4. The van der Waals surface area contributed by atoms with Crippen LogP contribution in [0.5, 0.6) is 0 Å². The Morgan fingerprint density at radius 3 is 1.66 bits per heavy atom. The molecule has 3 fully saturated rings. The van der Waals surface area contributed by atoms with Gasteiger partial charge >= 0.3 is 0 Å². The van der Waals surface area contributed by atoms with Crippen molar-refractivity contribution in [2.75, 3.05) is 0 Å². The first kappa shape index (κ1) is 23.4. The highest BCUT2D eigenvalue weighted by Crippen LogP contribution is 2.45. The lowest BCUT2D eigenvalue weighted by atomic mass is 9.67. The zero-order valence-corrected chi connectivity index (χ0v) is 18.5. The summed E-state index contributed by atoms with van der Waals surface area (Å²) in [7, 11) is 0. The van der Waals surface area contributed by atoms with Crippen molar-refractivity contribution in [3.05, 3.63) is 0 Å². The topological polar surface area (TPSA) is 0 Å². The van der Waals surface area contributed by atoms with Gasteiger partial charge in [-0.15, -0.1) is 0 Å². The second-order valence-electron chi connectivity index (χ2n) is 11.0. The van der Waals surface area contributed by atoms with E-state index in [1.807, 2.05) is 6.92 Å². The fourth-order valence-electron chi connectivity index (χ4n) is 6.46. The van der Waals surface area contributed by atoms with E-state index < -0.39 is 18.3 Å². The van der Waals surface area contributed by atoms with E-state index in [2.05, 4.69) is 0 Å². The van der Waals surface area contributed by atoms with Crippen molar-refractivity contribution in [3.63, 3.8) is 0 Å². The molecule has 0 aromatic heterocycles. The third kappa shape index (κ3) is 6.86. The molecule has 0 aromatic carbocycles. The van der Waals surface area contributed by atoms with E-state index in [1.165, 1.54) is 38.5 Å². The van der Waals surface area contributed by atoms with Gasteiger partial charge in [-0.2, -0.15) is 0 Å². The first-order valence-corrected chi connectivity index (χ1v) is 12.4. The van der Waals surface area contributed by atoms with E-state index in [9.17, 15) is 17.6 Å². The lowest BCUT2D eigenvalue weighted by Gasteiger charge is -2.41. The summed E-state index contributed by atoms with van der Waals surface area (Å²) in [6.07, 6.45) is 11.6. The van der Waals surface area contributed by atoms with Crippen LogP contribution in [0.15, 0.2) is 0 Å². The molecule has 0 saturated heterocycles. The van der Waals surface area contributed by atoms with Gasteiger partial charge in [0, 0.05) is 6.42 Å². The van der Waals surface area contributed by atoms with Crippen LogP contribution in [-0.4, -0.2) is 18.3 Å². The van der Waals surface area contributed by atoms with Crippen molar-refractivity contribution in [1.82, 2.24) is 0 Å². The van der Waals surface area contributed by atoms with Gasteiger partial charge in [0.25, 0.3) is 0 Å². The van der Waals surface area contributed by atoms with E-state index in [0.717, 1.165) is 57.3 Å². The average molecular weight is 419 g/mol. The predicted molar refractivity (Wildman–Crippen MR) is 112 cm³/mol. The molecular weight excluding hydrogens is 376 g/mol. The summed E-state index contributed by atoms with van der Waals surface area (Å²) in [6, 6.07) is 0. The third-order valence-corrected chi connectivity index (χ3v) is 8.65. The highest BCUT2D eigenvalue weighted by molar-refractivity contribution is 4.91. The minimum absolute atomic E-state index is 0.0361. The number of hydrogen-bond acceptors (Lipinski definition) is 0. The Morgan fingerprint density at radius 2 is 1.14 bits per heavy atom. The molecule has 0 N–H and O–H groups in total. The molecule has 170 valence electrons. The molecule has 0 aliphatic heterocycles. The summed E-state index contributed by atoms with van der Waals surface area (Å²) >= 11 is 0. The molecule has 4 atom stereocenters. The van der Waals surface area contributed by atoms with Gasteiger partial charge in [-0.3, -0.25) is 0 Å². The highest BCUT2D eigenvalue weighted by atomic mass is 19.3. The van der Waals surface area contributed by atoms with Crippen molar-refractivity contribution in [3.8, 4) is 0 Å². The quantitative estimate of drug-likeness (QED) is 0.363. The number of alkyl halides is 4. The fraction of sp³-hybridized carbons (Fsp3) is 1.00. The van der Waals surface area contributed by atoms with E-state index in [0.29, 0.717) is 18.3 Å². The van der Waals surface area contributed by atoms with Crippen LogP contribution in [0.3, 0.4) is 0 Å². The second-order valence-corrected chi connectivity index (χ2v) is 11.0. The van der Waals surface area contributed by atoms with Crippen LogP contribution >= 0.6 is 0 Å². The maximum Gasteiger partial charge on any atom is 0.245 e. The Morgan fingerprint density at radius 1 is 0.655 bits per heavy atom. The molecule has 0 bridgehead atoms. The van der Waals surface area contributed by atoms with Crippen LogP contribution in [0, 0.1) is 35.5 Å². The predicted octanol–water partition coefficient (Wildman–Crippen LogP) is 8.54. The van der Waals surface area contributed by atoms with Crippen molar-refractivity contribution in [2.24, 2.45) is 35.5 Å². The monoisotopic (exact) mass is 418 g/mol. The molecule has 3 rings (SSSR count). The zero-order chi connectivity index (χ0) is 21.0. The van der Waals surface area contributed by atoms with Gasteiger partial charge in [-0.1, -0.05) is 58.3 Å². The smallest absolute Gasteiger partial charge is 0.244 e. The summed E-state index contributed by atoms with van der Waals surface area (Å²) < 4.78 is 54.7. The Bertz CT molecular complexity index is 472. The normalized spacial score (nSPS) is 42.0. The summed E-state index contributed by atoms with van der Waals surface area (Å²) in [6.45, 7) is 2.88. The molecular formula is C25H42F4. The van der Waals surface area contributed by atoms with E-state index >= 15 is 0 Å². The summed E-state index contributed by atoms with van der Waals surface area (Å²) in [5, 5.41) is 0. The number of halogens is 4. The summed E-state index contributed by atoms with van der Waals surface area (Å²) in [4.78, 5) is 0. The maximum atomic E-state index is 14.5. The van der Waals surface area contributed by atoms with Crippen LogP contribution in [0.1, 0.15) is 104 Å². The molecule has 0 aromatic rings. The van der Waals surface area contributed by atoms with Crippen LogP contribution < -0.4 is 0 Å². The molecule has 3 aliphatic rings. The summed E-state index contributed by atoms with van der Waals surface area (Å²) in [5.74, 6) is -0.270. The summed E-state index contributed by atoms with van der Waals surface area (Å²) in [5.41, 5.74) is 0. The van der Waals surface area contributed by atoms with Crippen LogP contribution in [0.4, 0.5) is 17.6 Å². The van der Waals surface area contributed by atoms with E-state index in [-0.39, 0.29) is 18.3 Å². The molecule has 0 heterocycles. The third-order valence-electron chi connectivity index (χ3n) is 8.65. The van der Waals surface area contributed by atoms with Crippen LogP contribution in [0.2, 0.25) is 0 Å². The van der Waals surface area contributed by atoms with E-state index in [1.54, 1.807) is 0 Å². The zero-order valence-electron chi connectivity index (χ0n) is 18.5. The first-order chi connectivity index (χ1) is 13.7. The minimum Gasteiger partial charge on any atom is -0.244 e. The molecule has 3 aliphatic carbocycles.